The summed E-state index contributed by atoms with van der Waals surface area (Å²) >= 11 is 0. The SMILES string of the molecule is CCCNC(CO)(CN1CCC(C(C)C)C1)C1CC1. The summed E-state index contributed by atoms with van der Waals surface area (Å²) in [6.45, 7) is 11.7. The molecule has 0 spiro atoms. The number of hydrogen-bond donors (Lipinski definition) is 2. The molecule has 3 heteroatoms. The Morgan fingerprint density at radius 3 is 2.53 bits per heavy atom. The standard InChI is InChI=1S/C16H32N2O/c1-4-8-17-16(12-19,15-5-6-15)11-18-9-7-14(10-18)13(2)3/h13-15,17,19H,4-12H2,1-3H3. The van der Waals surface area contributed by atoms with Gasteiger partial charge in [0.1, 0.15) is 0 Å². The van der Waals surface area contributed by atoms with E-state index < -0.39 is 0 Å². The fourth-order valence-corrected chi connectivity index (χ4v) is 3.52. The van der Waals surface area contributed by atoms with Crippen molar-refractivity contribution >= 4 is 0 Å². The van der Waals surface area contributed by atoms with Crippen LogP contribution in [0.2, 0.25) is 0 Å². The van der Waals surface area contributed by atoms with Gasteiger partial charge in [-0.3, -0.25) is 0 Å². The smallest absolute Gasteiger partial charge is 0.0628 e. The number of aliphatic hydroxyl groups is 1. The summed E-state index contributed by atoms with van der Waals surface area (Å²) in [7, 11) is 0. The van der Waals surface area contributed by atoms with Crippen LogP contribution in [0.1, 0.15) is 46.5 Å². The van der Waals surface area contributed by atoms with Crippen LogP contribution in [0.5, 0.6) is 0 Å². The molecule has 0 amide bonds. The quantitative estimate of drug-likeness (QED) is 0.708. The maximum Gasteiger partial charge on any atom is 0.0628 e. The first-order valence-electron chi connectivity index (χ1n) is 8.19. The predicted octanol–water partition coefficient (Wildman–Crippen LogP) is 2.10. The van der Waals surface area contributed by atoms with Crippen molar-refractivity contribution in [1.29, 1.82) is 0 Å². The Morgan fingerprint density at radius 2 is 2.05 bits per heavy atom. The Kier molecular flexibility index (Phi) is 5.27. The largest absolute Gasteiger partial charge is 0.394 e. The molecule has 2 unspecified atom stereocenters. The highest BCUT2D eigenvalue weighted by Crippen LogP contribution is 2.40. The molecule has 0 aromatic carbocycles. The Balaban J connectivity index is 1.92. The summed E-state index contributed by atoms with van der Waals surface area (Å²) in [6, 6.07) is 0. The van der Waals surface area contributed by atoms with Crippen molar-refractivity contribution in [2.24, 2.45) is 17.8 Å². The second kappa shape index (κ2) is 6.55. The van der Waals surface area contributed by atoms with Crippen molar-refractivity contribution < 1.29 is 5.11 Å². The molecule has 1 saturated heterocycles. The van der Waals surface area contributed by atoms with Gasteiger partial charge in [-0.15, -0.1) is 0 Å². The van der Waals surface area contributed by atoms with Crippen LogP contribution in [0.4, 0.5) is 0 Å². The first-order valence-corrected chi connectivity index (χ1v) is 8.19. The highest BCUT2D eigenvalue weighted by Gasteiger charge is 2.46. The molecule has 1 aliphatic heterocycles. The molecule has 0 aromatic heterocycles. The minimum absolute atomic E-state index is 0.0259. The first kappa shape index (κ1) is 15.3. The van der Waals surface area contributed by atoms with Crippen LogP contribution < -0.4 is 5.32 Å². The van der Waals surface area contributed by atoms with Gasteiger partial charge >= 0.3 is 0 Å². The van der Waals surface area contributed by atoms with Crippen LogP contribution in [0.15, 0.2) is 0 Å². The maximum absolute atomic E-state index is 9.96. The molecule has 2 atom stereocenters. The minimum Gasteiger partial charge on any atom is -0.394 e. The van der Waals surface area contributed by atoms with Gasteiger partial charge in [0.25, 0.3) is 0 Å². The van der Waals surface area contributed by atoms with Gasteiger partial charge in [0, 0.05) is 13.1 Å². The molecule has 2 N–H and O–H groups in total. The summed E-state index contributed by atoms with van der Waals surface area (Å²) in [5, 5.41) is 13.6. The number of likely N-dealkylation sites (tertiary alicyclic amines) is 1. The van der Waals surface area contributed by atoms with Crippen molar-refractivity contribution in [2.75, 3.05) is 32.8 Å². The normalized spacial score (nSPS) is 27.9. The molecule has 2 aliphatic rings. The lowest BCUT2D eigenvalue weighted by Crippen LogP contribution is -2.58. The Morgan fingerprint density at radius 1 is 1.32 bits per heavy atom. The van der Waals surface area contributed by atoms with E-state index in [-0.39, 0.29) is 5.54 Å². The minimum atomic E-state index is -0.0259. The van der Waals surface area contributed by atoms with Crippen LogP contribution in [-0.2, 0) is 0 Å². The topological polar surface area (TPSA) is 35.5 Å². The molecule has 3 nitrogen and oxygen atoms in total. The van der Waals surface area contributed by atoms with E-state index in [1.54, 1.807) is 0 Å². The van der Waals surface area contributed by atoms with E-state index in [2.05, 4.69) is 31.0 Å². The van der Waals surface area contributed by atoms with Gasteiger partial charge in [0.2, 0.25) is 0 Å². The van der Waals surface area contributed by atoms with E-state index in [0.717, 1.165) is 31.3 Å². The number of aliphatic hydroxyl groups excluding tert-OH is 1. The Bertz CT molecular complexity index is 278. The highest BCUT2D eigenvalue weighted by molar-refractivity contribution is 5.03. The fraction of sp³-hybridized carbons (Fsp3) is 1.00. The van der Waals surface area contributed by atoms with Crippen LogP contribution in [0, 0.1) is 17.8 Å². The van der Waals surface area contributed by atoms with Gasteiger partial charge in [-0.1, -0.05) is 20.8 Å². The van der Waals surface area contributed by atoms with E-state index in [0.29, 0.717) is 12.5 Å². The summed E-state index contributed by atoms with van der Waals surface area (Å²) in [4.78, 5) is 2.59. The lowest BCUT2D eigenvalue weighted by molar-refractivity contribution is 0.0978. The van der Waals surface area contributed by atoms with E-state index in [1.165, 1.54) is 32.4 Å². The zero-order chi connectivity index (χ0) is 13.9. The molecule has 0 radical (unpaired) electrons. The summed E-state index contributed by atoms with van der Waals surface area (Å²) < 4.78 is 0. The zero-order valence-corrected chi connectivity index (χ0v) is 13.0. The van der Waals surface area contributed by atoms with Gasteiger partial charge < -0.3 is 15.3 Å². The molecule has 19 heavy (non-hydrogen) atoms. The van der Waals surface area contributed by atoms with Gasteiger partial charge in [0.05, 0.1) is 12.1 Å². The number of hydrogen-bond acceptors (Lipinski definition) is 3. The van der Waals surface area contributed by atoms with Gasteiger partial charge in [-0.2, -0.15) is 0 Å². The van der Waals surface area contributed by atoms with Crippen molar-refractivity contribution in [3.63, 3.8) is 0 Å². The molecule has 2 fully saturated rings. The van der Waals surface area contributed by atoms with Crippen LogP contribution in [0.3, 0.4) is 0 Å². The summed E-state index contributed by atoms with van der Waals surface area (Å²) in [5.41, 5.74) is -0.0259. The predicted molar refractivity (Wildman–Crippen MR) is 80.2 cm³/mol. The van der Waals surface area contributed by atoms with Gasteiger partial charge in [0.15, 0.2) is 0 Å². The third-order valence-corrected chi connectivity index (χ3v) is 5.13. The lowest BCUT2D eigenvalue weighted by Gasteiger charge is -2.37. The van der Waals surface area contributed by atoms with E-state index in [4.69, 9.17) is 0 Å². The molecule has 1 heterocycles. The van der Waals surface area contributed by atoms with Crippen molar-refractivity contribution in [2.45, 2.75) is 52.0 Å². The second-order valence-electron chi connectivity index (χ2n) is 7.04. The van der Waals surface area contributed by atoms with Gasteiger partial charge in [-0.05, 0) is 56.5 Å². The van der Waals surface area contributed by atoms with Crippen LogP contribution >= 0.6 is 0 Å². The summed E-state index contributed by atoms with van der Waals surface area (Å²) in [5.74, 6) is 2.34. The number of nitrogens with one attached hydrogen (secondary N) is 1. The summed E-state index contributed by atoms with van der Waals surface area (Å²) in [6.07, 6.45) is 5.05. The Labute approximate surface area is 118 Å². The monoisotopic (exact) mass is 268 g/mol. The van der Waals surface area contributed by atoms with Crippen LogP contribution in [0.25, 0.3) is 0 Å². The molecule has 0 aromatic rings. The molecule has 1 aliphatic carbocycles. The van der Waals surface area contributed by atoms with E-state index in [1.807, 2.05) is 0 Å². The third-order valence-electron chi connectivity index (χ3n) is 5.13. The van der Waals surface area contributed by atoms with E-state index in [9.17, 15) is 5.11 Å². The molecular formula is C16H32N2O. The van der Waals surface area contributed by atoms with E-state index >= 15 is 0 Å². The maximum atomic E-state index is 9.96. The first-order chi connectivity index (χ1) is 9.11. The lowest BCUT2D eigenvalue weighted by atomic mass is 9.92. The Hall–Kier alpha value is -0.120. The fourth-order valence-electron chi connectivity index (χ4n) is 3.52. The zero-order valence-electron chi connectivity index (χ0n) is 13.0. The van der Waals surface area contributed by atoms with Crippen LogP contribution in [-0.4, -0.2) is 48.3 Å². The van der Waals surface area contributed by atoms with Gasteiger partial charge in [-0.25, -0.2) is 0 Å². The van der Waals surface area contributed by atoms with Crippen molar-refractivity contribution in [3.05, 3.63) is 0 Å². The molecule has 1 saturated carbocycles. The molecular weight excluding hydrogens is 236 g/mol. The van der Waals surface area contributed by atoms with Crippen molar-refractivity contribution in [3.8, 4) is 0 Å². The third kappa shape index (κ3) is 3.71. The molecule has 112 valence electrons. The molecule has 2 rings (SSSR count). The number of nitrogens with zero attached hydrogens (tertiary/aromatic N) is 1. The van der Waals surface area contributed by atoms with Crippen molar-refractivity contribution in [1.82, 2.24) is 10.2 Å². The average molecular weight is 268 g/mol. The average Bonchev–Trinajstić information content (AvgIpc) is 3.15. The second-order valence-corrected chi connectivity index (χ2v) is 7.04. The number of rotatable bonds is 8. The molecule has 0 bridgehead atoms. The highest BCUT2D eigenvalue weighted by atomic mass is 16.3.